The molecule has 0 aromatic heterocycles. The zero-order chi connectivity index (χ0) is 11.7. The zero-order valence-electron chi connectivity index (χ0n) is 9.30. The van der Waals surface area contributed by atoms with Crippen LogP contribution < -0.4 is 4.74 Å². The van der Waals surface area contributed by atoms with Gasteiger partial charge in [0.05, 0.1) is 11.1 Å². The predicted molar refractivity (Wildman–Crippen MR) is 71.2 cm³/mol. The van der Waals surface area contributed by atoms with Crippen LogP contribution in [0.1, 0.15) is 25.3 Å². The summed E-state index contributed by atoms with van der Waals surface area (Å²) in [6, 6.07) is 4.12. The van der Waals surface area contributed by atoms with E-state index in [-0.39, 0.29) is 6.10 Å². The molecule has 1 saturated heterocycles. The maximum Gasteiger partial charge on any atom is 0.133 e. The quantitative estimate of drug-likeness (QED) is 0.763. The van der Waals surface area contributed by atoms with E-state index < -0.39 is 0 Å². The van der Waals surface area contributed by atoms with Gasteiger partial charge in [0.2, 0.25) is 0 Å². The van der Waals surface area contributed by atoms with E-state index in [0.29, 0.717) is 12.5 Å². The van der Waals surface area contributed by atoms with Gasteiger partial charge in [0.15, 0.2) is 0 Å². The molecule has 1 aromatic rings. The van der Waals surface area contributed by atoms with Gasteiger partial charge in [-0.25, -0.2) is 0 Å². The van der Waals surface area contributed by atoms with Crippen LogP contribution >= 0.6 is 31.9 Å². The largest absolute Gasteiger partial charge is 0.490 e. The normalized spacial score (nSPS) is 18.9. The molecule has 0 bridgehead atoms. The topological polar surface area (TPSA) is 21.8 Å². The minimum Gasteiger partial charge on any atom is -0.490 e. The maximum atomic E-state index is 5.71. The second kappa shape index (κ2) is 5.07. The molecule has 0 saturated carbocycles. The Morgan fingerprint density at radius 3 is 2.62 bits per heavy atom. The average molecular weight is 350 g/mol. The first-order chi connectivity index (χ1) is 7.58. The lowest BCUT2D eigenvalue weighted by Gasteiger charge is -2.13. The minimum atomic E-state index is 0.290. The average Bonchev–Trinajstić information content (AvgIpc) is 2.99. The van der Waals surface area contributed by atoms with Crippen LogP contribution in [-0.2, 0) is 4.74 Å². The molecule has 1 atom stereocenters. The molecule has 2 nitrogen and oxygen atoms in total. The van der Waals surface area contributed by atoms with Crippen molar-refractivity contribution in [1.29, 1.82) is 0 Å². The summed E-state index contributed by atoms with van der Waals surface area (Å²) >= 11 is 7.07. The number of hydrogen-bond donors (Lipinski definition) is 0. The van der Waals surface area contributed by atoms with E-state index >= 15 is 0 Å². The van der Waals surface area contributed by atoms with E-state index in [4.69, 9.17) is 9.47 Å². The maximum absolute atomic E-state index is 5.71. The van der Waals surface area contributed by atoms with Crippen molar-refractivity contribution in [2.45, 2.75) is 25.9 Å². The molecule has 1 heterocycles. The van der Waals surface area contributed by atoms with E-state index in [2.05, 4.69) is 51.8 Å². The molecule has 0 aliphatic carbocycles. The Kier molecular flexibility index (Phi) is 3.93. The highest BCUT2D eigenvalue weighted by molar-refractivity contribution is 9.11. The first-order valence-corrected chi connectivity index (χ1v) is 6.90. The summed E-state index contributed by atoms with van der Waals surface area (Å²) in [6.45, 7) is 5.80. The Labute approximate surface area is 113 Å². The summed E-state index contributed by atoms with van der Waals surface area (Å²) < 4.78 is 12.9. The van der Waals surface area contributed by atoms with Gasteiger partial charge < -0.3 is 9.47 Å². The third-order valence-corrected chi connectivity index (χ3v) is 3.81. The van der Waals surface area contributed by atoms with Gasteiger partial charge in [-0.2, -0.15) is 0 Å². The fraction of sp³-hybridized carbons (Fsp3) is 0.500. The van der Waals surface area contributed by atoms with Crippen LogP contribution in [0.3, 0.4) is 0 Å². The van der Waals surface area contributed by atoms with Gasteiger partial charge in [-0.3, -0.25) is 0 Å². The molecule has 1 unspecified atom stereocenters. The number of epoxide rings is 1. The first-order valence-electron chi connectivity index (χ1n) is 5.31. The molecule has 4 heteroatoms. The molecule has 0 amide bonds. The van der Waals surface area contributed by atoms with Crippen molar-refractivity contribution in [1.82, 2.24) is 0 Å². The molecular formula is C12H14Br2O2. The van der Waals surface area contributed by atoms with Gasteiger partial charge in [0.25, 0.3) is 0 Å². The lowest BCUT2D eigenvalue weighted by atomic mass is 10.0. The standard InChI is InChI=1S/C12H14Br2O2/c1-7(2)9-3-12(11(14)4-10(9)13)16-6-8-5-15-8/h3-4,7-8H,5-6H2,1-2H3. The number of benzene rings is 1. The summed E-state index contributed by atoms with van der Waals surface area (Å²) in [5.74, 6) is 1.37. The smallest absolute Gasteiger partial charge is 0.133 e. The van der Waals surface area contributed by atoms with Crippen molar-refractivity contribution in [3.05, 3.63) is 26.6 Å². The molecule has 1 aliphatic rings. The van der Waals surface area contributed by atoms with Gasteiger partial charge >= 0.3 is 0 Å². The first kappa shape index (κ1) is 12.4. The third-order valence-electron chi connectivity index (χ3n) is 2.50. The number of ether oxygens (including phenoxy) is 2. The highest BCUT2D eigenvalue weighted by atomic mass is 79.9. The Balaban J connectivity index is 2.18. The fourth-order valence-electron chi connectivity index (χ4n) is 1.44. The lowest BCUT2D eigenvalue weighted by molar-refractivity contribution is 0.261. The Hall–Kier alpha value is -0.0600. The number of rotatable bonds is 4. The SMILES string of the molecule is CC(C)c1cc(OCC2CO2)c(Br)cc1Br. The van der Waals surface area contributed by atoms with Crippen molar-refractivity contribution < 1.29 is 9.47 Å². The van der Waals surface area contributed by atoms with Gasteiger partial charge in [-0.1, -0.05) is 29.8 Å². The van der Waals surface area contributed by atoms with Crippen LogP contribution in [0.2, 0.25) is 0 Å². The molecule has 16 heavy (non-hydrogen) atoms. The highest BCUT2D eigenvalue weighted by Gasteiger charge is 2.23. The lowest BCUT2D eigenvalue weighted by Crippen LogP contribution is -2.05. The van der Waals surface area contributed by atoms with Gasteiger partial charge in [-0.15, -0.1) is 0 Å². The van der Waals surface area contributed by atoms with Crippen LogP contribution in [0.5, 0.6) is 5.75 Å². The van der Waals surface area contributed by atoms with Crippen LogP contribution in [0.15, 0.2) is 21.1 Å². The molecule has 0 spiro atoms. The van der Waals surface area contributed by atoms with Gasteiger partial charge in [-0.05, 0) is 39.5 Å². The monoisotopic (exact) mass is 348 g/mol. The van der Waals surface area contributed by atoms with Crippen LogP contribution in [0.25, 0.3) is 0 Å². The van der Waals surface area contributed by atoms with E-state index in [1.807, 2.05) is 6.07 Å². The second-order valence-electron chi connectivity index (χ2n) is 4.23. The molecule has 2 rings (SSSR count). The molecule has 0 radical (unpaired) electrons. The van der Waals surface area contributed by atoms with E-state index in [0.717, 1.165) is 21.3 Å². The van der Waals surface area contributed by atoms with Crippen molar-refractivity contribution in [2.75, 3.05) is 13.2 Å². The highest BCUT2D eigenvalue weighted by Crippen LogP contribution is 2.35. The predicted octanol–water partition coefficient (Wildman–Crippen LogP) is 4.11. The minimum absolute atomic E-state index is 0.290. The van der Waals surface area contributed by atoms with Crippen molar-refractivity contribution in [2.24, 2.45) is 0 Å². The molecule has 1 aromatic carbocycles. The summed E-state index contributed by atoms with van der Waals surface area (Å²) in [6.07, 6.45) is 0.290. The summed E-state index contributed by atoms with van der Waals surface area (Å²) in [7, 11) is 0. The van der Waals surface area contributed by atoms with Crippen molar-refractivity contribution >= 4 is 31.9 Å². The summed E-state index contributed by atoms with van der Waals surface area (Å²) in [5, 5.41) is 0. The molecule has 88 valence electrons. The zero-order valence-corrected chi connectivity index (χ0v) is 12.5. The van der Waals surface area contributed by atoms with E-state index in [1.54, 1.807) is 0 Å². The van der Waals surface area contributed by atoms with Gasteiger partial charge in [0, 0.05) is 4.47 Å². The van der Waals surface area contributed by atoms with Crippen LogP contribution in [0, 0.1) is 0 Å². The van der Waals surface area contributed by atoms with Crippen LogP contribution in [0.4, 0.5) is 0 Å². The molecule has 1 aliphatic heterocycles. The third kappa shape index (κ3) is 2.99. The van der Waals surface area contributed by atoms with E-state index in [9.17, 15) is 0 Å². The number of hydrogen-bond acceptors (Lipinski definition) is 2. The second-order valence-corrected chi connectivity index (χ2v) is 5.93. The van der Waals surface area contributed by atoms with Crippen LogP contribution in [-0.4, -0.2) is 19.3 Å². The van der Waals surface area contributed by atoms with Crippen molar-refractivity contribution in [3.63, 3.8) is 0 Å². The van der Waals surface area contributed by atoms with Gasteiger partial charge in [0.1, 0.15) is 18.5 Å². The Morgan fingerprint density at radius 2 is 2.06 bits per heavy atom. The molecule has 0 N–H and O–H groups in total. The molecule has 1 fully saturated rings. The Bertz CT molecular complexity index is 387. The van der Waals surface area contributed by atoms with Crippen molar-refractivity contribution in [3.8, 4) is 5.75 Å². The summed E-state index contributed by atoms with van der Waals surface area (Å²) in [4.78, 5) is 0. The summed E-state index contributed by atoms with van der Waals surface area (Å²) in [5.41, 5.74) is 1.26. The number of halogens is 2. The Morgan fingerprint density at radius 1 is 1.38 bits per heavy atom. The molecular weight excluding hydrogens is 336 g/mol. The van der Waals surface area contributed by atoms with E-state index in [1.165, 1.54) is 5.56 Å². The fourth-order valence-corrected chi connectivity index (χ4v) is 3.01.